The van der Waals surface area contributed by atoms with Gasteiger partial charge in [0.2, 0.25) is 16.0 Å². The number of hydrogen-bond donors (Lipinski definition) is 3. The number of fused-ring (bicyclic) bond motifs is 4. The Kier molecular flexibility index (Phi) is 8.10. The first-order valence-electron chi connectivity index (χ1n) is 14.9. The normalized spacial score (nSPS) is 20.6. The maximum atomic E-state index is 12.2. The fraction of sp³-hybridized carbons (Fsp3) is 0.400. The molecule has 0 saturated carbocycles. The van der Waals surface area contributed by atoms with Gasteiger partial charge in [-0.25, -0.2) is 13.4 Å². The second-order valence-corrected chi connectivity index (χ2v) is 14.4. The molecule has 3 N–H and O–H groups in total. The van der Waals surface area contributed by atoms with Crippen molar-refractivity contribution in [2.75, 3.05) is 72.9 Å². The summed E-state index contributed by atoms with van der Waals surface area (Å²) < 4.78 is 33.8. The number of piperidine rings is 1. The van der Waals surface area contributed by atoms with Crippen molar-refractivity contribution in [2.24, 2.45) is 0 Å². The van der Waals surface area contributed by atoms with Crippen molar-refractivity contribution in [1.82, 2.24) is 29.7 Å². The smallest absolute Gasteiger partial charge is 0.229 e. The molecule has 0 amide bonds. The molecule has 2 fully saturated rings. The summed E-state index contributed by atoms with van der Waals surface area (Å²) in [7, 11) is -1.40. The highest BCUT2D eigenvalue weighted by Gasteiger charge is 2.36. The fourth-order valence-corrected chi connectivity index (χ4v) is 7.22. The number of hydrogen-bond acceptors (Lipinski definition) is 12. The Morgan fingerprint density at radius 2 is 1.80 bits per heavy atom. The molecule has 15 heteroatoms. The average Bonchev–Trinajstić information content (AvgIpc) is 3.03. The van der Waals surface area contributed by atoms with E-state index in [0.717, 1.165) is 68.9 Å². The van der Waals surface area contributed by atoms with Crippen molar-refractivity contribution in [2.45, 2.75) is 24.9 Å². The molecule has 0 bridgehead atoms. The molecule has 13 nitrogen and oxygen atoms in total. The molecular weight excluding hydrogens is 660 g/mol. The molecule has 0 unspecified atom stereocenters. The van der Waals surface area contributed by atoms with Crippen LogP contribution in [0.1, 0.15) is 12.8 Å². The van der Waals surface area contributed by atoms with Gasteiger partial charge in [0, 0.05) is 69.1 Å². The van der Waals surface area contributed by atoms with Crippen LogP contribution in [-0.4, -0.2) is 103 Å². The summed E-state index contributed by atoms with van der Waals surface area (Å²) >= 11 is 3.51. The lowest BCUT2D eigenvalue weighted by Crippen LogP contribution is -2.57. The van der Waals surface area contributed by atoms with E-state index < -0.39 is 10.0 Å². The minimum absolute atomic E-state index is 0.279. The van der Waals surface area contributed by atoms with Crippen molar-refractivity contribution in [3.05, 3.63) is 53.4 Å². The molecule has 3 aliphatic heterocycles. The van der Waals surface area contributed by atoms with Crippen molar-refractivity contribution < 1.29 is 13.2 Å². The van der Waals surface area contributed by atoms with Gasteiger partial charge in [0.25, 0.3) is 0 Å². The highest BCUT2D eigenvalue weighted by molar-refractivity contribution is 9.10. The molecule has 0 aliphatic carbocycles. The Hall–Kier alpha value is -3.79. The minimum atomic E-state index is -3.60. The SMILES string of the molecule is CN1CCN([C@H]2CCN3c4ccc(Nc5ncc(Br)c(Nc6ccc7nccnc7c6NS(C)(=O)=O)n5)cc4OC[C@H]3C2)CC1. The van der Waals surface area contributed by atoms with E-state index in [9.17, 15) is 8.42 Å². The van der Waals surface area contributed by atoms with E-state index in [2.05, 4.69) is 79.0 Å². The van der Waals surface area contributed by atoms with E-state index in [1.807, 2.05) is 12.1 Å². The van der Waals surface area contributed by atoms with Crippen LogP contribution in [0.2, 0.25) is 0 Å². The lowest BCUT2D eigenvalue weighted by molar-refractivity contribution is 0.0822. The summed E-state index contributed by atoms with van der Waals surface area (Å²) in [5, 5.41) is 6.51. The van der Waals surface area contributed by atoms with Gasteiger partial charge in [-0.05, 0) is 60.1 Å². The van der Waals surface area contributed by atoms with Crippen LogP contribution in [0, 0.1) is 0 Å². The monoisotopic (exact) mass is 694 g/mol. The molecule has 3 aliphatic rings. The largest absolute Gasteiger partial charge is 0.489 e. The molecular formula is C30H35BrN10O3S. The van der Waals surface area contributed by atoms with Gasteiger partial charge in [0.05, 0.1) is 39.3 Å². The van der Waals surface area contributed by atoms with Crippen LogP contribution in [0.3, 0.4) is 0 Å². The third-order valence-electron chi connectivity index (χ3n) is 8.62. The number of anilines is 6. The molecule has 2 aromatic heterocycles. The number of aromatic nitrogens is 4. The van der Waals surface area contributed by atoms with Crippen molar-refractivity contribution >= 4 is 71.5 Å². The summed E-state index contributed by atoms with van der Waals surface area (Å²) in [5.41, 5.74) is 3.63. The zero-order chi connectivity index (χ0) is 31.1. The Labute approximate surface area is 270 Å². The number of piperazine rings is 1. The van der Waals surface area contributed by atoms with Crippen molar-refractivity contribution in [1.29, 1.82) is 0 Å². The van der Waals surface area contributed by atoms with Gasteiger partial charge in [-0.1, -0.05) is 0 Å². The molecule has 5 heterocycles. The van der Waals surface area contributed by atoms with E-state index in [4.69, 9.17) is 4.74 Å². The van der Waals surface area contributed by atoms with Gasteiger partial charge in [0.15, 0.2) is 0 Å². The van der Waals surface area contributed by atoms with E-state index in [1.165, 1.54) is 6.20 Å². The Morgan fingerprint density at radius 1 is 0.978 bits per heavy atom. The predicted molar refractivity (Wildman–Crippen MR) is 179 cm³/mol. The number of halogens is 1. The summed E-state index contributed by atoms with van der Waals surface area (Å²) in [6.07, 6.45) is 8.07. The second kappa shape index (κ2) is 12.2. The molecule has 7 rings (SSSR count). The van der Waals surface area contributed by atoms with E-state index in [1.54, 1.807) is 24.5 Å². The molecule has 2 aromatic carbocycles. The van der Waals surface area contributed by atoms with E-state index in [-0.39, 0.29) is 5.69 Å². The van der Waals surface area contributed by atoms with E-state index >= 15 is 0 Å². The van der Waals surface area contributed by atoms with E-state index in [0.29, 0.717) is 51.7 Å². The quantitative estimate of drug-likeness (QED) is 0.257. The first-order valence-corrected chi connectivity index (χ1v) is 17.6. The zero-order valence-corrected chi connectivity index (χ0v) is 27.5. The van der Waals surface area contributed by atoms with Crippen molar-refractivity contribution in [3.63, 3.8) is 0 Å². The van der Waals surface area contributed by atoms with Crippen LogP contribution < -0.4 is 25.0 Å². The fourth-order valence-electron chi connectivity index (χ4n) is 6.36. The van der Waals surface area contributed by atoms with Crippen LogP contribution in [0.5, 0.6) is 5.75 Å². The number of benzene rings is 2. The number of nitrogens with one attached hydrogen (secondary N) is 3. The highest BCUT2D eigenvalue weighted by Crippen LogP contribution is 2.40. The van der Waals surface area contributed by atoms with Gasteiger partial charge < -0.3 is 25.2 Å². The van der Waals surface area contributed by atoms with Crippen LogP contribution in [-0.2, 0) is 10.0 Å². The maximum Gasteiger partial charge on any atom is 0.229 e. The second-order valence-electron chi connectivity index (χ2n) is 11.8. The topological polar surface area (TPSA) is 141 Å². The summed E-state index contributed by atoms with van der Waals surface area (Å²) in [6, 6.07) is 10.6. The first-order chi connectivity index (χ1) is 21.7. The third-order valence-corrected chi connectivity index (χ3v) is 9.78. The minimum Gasteiger partial charge on any atom is -0.489 e. The molecule has 236 valence electrons. The summed E-state index contributed by atoms with van der Waals surface area (Å²) in [6.45, 7) is 6.26. The third kappa shape index (κ3) is 6.48. The Bertz CT molecular complexity index is 1840. The molecule has 2 atom stereocenters. The molecule has 45 heavy (non-hydrogen) atoms. The average molecular weight is 696 g/mol. The van der Waals surface area contributed by atoms with Gasteiger partial charge in [-0.15, -0.1) is 0 Å². The van der Waals surface area contributed by atoms with Crippen LogP contribution in [0.25, 0.3) is 11.0 Å². The van der Waals surface area contributed by atoms with Crippen LogP contribution in [0.4, 0.5) is 34.5 Å². The predicted octanol–water partition coefficient (Wildman–Crippen LogP) is 4.02. The maximum absolute atomic E-state index is 12.2. The highest BCUT2D eigenvalue weighted by atomic mass is 79.9. The number of nitrogens with zero attached hydrogens (tertiary/aromatic N) is 7. The number of likely N-dealkylation sites (N-methyl/N-ethyl adjacent to an activating group) is 1. The summed E-state index contributed by atoms with van der Waals surface area (Å²) in [4.78, 5) is 25.3. The molecule has 0 radical (unpaired) electrons. The van der Waals surface area contributed by atoms with Gasteiger partial charge >= 0.3 is 0 Å². The lowest BCUT2D eigenvalue weighted by Gasteiger charge is -2.48. The number of sulfonamides is 1. The van der Waals surface area contributed by atoms with Crippen LogP contribution >= 0.6 is 15.9 Å². The summed E-state index contributed by atoms with van der Waals surface area (Å²) in [5.74, 6) is 1.65. The van der Waals surface area contributed by atoms with Crippen molar-refractivity contribution in [3.8, 4) is 5.75 Å². The Balaban J connectivity index is 1.07. The standard InChI is InChI=1S/C30H35BrN10O3S/c1-39-11-13-40(14-12-39)20-7-10-41-21(16-20)18-44-26-15-19(3-6-25(26)41)35-30-34-17-22(31)29(37-30)36-24-5-4-23-27(33-9-8-32-23)28(24)38-45(2,42)43/h3-6,8-9,15,17,20-21,38H,7,10-14,16,18H2,1-2H3,(H2,34,35,36,37)/t20-,21+/m0/s1. The molecule has 2 saturated heterocycles. The number of ether oxygens (including phenoxy) is 1. The van der Waals surface area contributed by atoms with Gasteiger partial charge in [-0.2, -0.15) is 4.98 Å². The number of rotatable bonds is 7. The first kappa shape index (κ1) is 29.9. The molecule has 4 aromatic rings. The zero-order valence-electron chi connectivity index (χ0n) is 25.1. The molecule has 0 spiro atoms. The van der Waals surface area contributed by atoms with Crippen LogP contribution in [0.15, 0.2) is 53.4 Å². The van der Waals surface area contributed by atoms with Gasteiger partial charge in [0.1, 0.15) is 23.7 Å². The van der Waals surface area contributed by atoms with Gasteiger partial charge in [-0.3, -0.25) is 19.6 Å². The Morgan fingerprint density at radius 3 is 2.62 bits per heavy atom. The lowest BCUT2D eigenvalue weighted by atomic mass is 9.93.